The van der Waals surface area contributed by atoms with Crippen LogP contribution in [0.3, 0.4) is 0 Å². The van der Waals surface area contributed by atoms with Crippen molar-refractivity contribution in [2.24, 2.45) is 0 Å². The van der Waals surface area contributed by atoms with Gasteiger partial charge in [0, 0.05) is 46.6 Å². The Morgan fingerprint density at radius 3 is 3.04 bits per heavy atom. The lowest BCUT2D eigenvalue weighted by Crippen LogP contribution is -2.06. The summed E-state index contributed by atoms with van der Waals surface area (Å²) in [5.41, 5.74) is 4.35. The van der Waals surface area contributed by atoms with E-state index in [1.165, 1.54) is 17.4 Å². The van der Waals surface area contributed by atoms with Gasteiger partial charge in [-0.05, 0) is 23.8 Å². The van der Waals surface area contributed by atoms with Gasteiger partial charge >= 0.3 is 0 Å². The van der Waals surface area contributed by atoms with Crippen LogP contribution in [0, 0.1) is 0 Å². The normalized spacial score (nSPS) is 10.7. The Labute approximate surface area is 158 Å². The quantitative estimate of drug-likeness (QED) is 0.515. The molecule has 0 aromatic carbocycles. The average molecular weight is 377 g/mol. The number of thiazole rings is 1. The van der Waals surface area contributed by atoms with Crippen molar-refractivity contribution in [3.05, 3.63) is 54.8 Å². The summed E-state index contributed by atoms with van der Waals surface area (Å²) in [7, 11) is 1.59. The van der Waals surface area contributed by atoms with Crippen molar-refractivity contribution >= 4 is 33.4 Å². The lowest BCUT2D eigenvalue weighted by Gasteiger charge is -2.03. The molecule has 0 radical (unpaired) electrons. The van der Waals surface area contributed by atoms with Gasteiger partial charge in [-0.15, -0.1) is 11.3 Å². The maximum Gasteiger partial charge on any atom is 0.249 e. The molecule has 2 N–H and O–H groups in total. The van der Waals surface area contributed by atoms with Crippen LogP contribution in [-0.2, 0) is 4.79 Å². The van der Waals surface area contributed by atoms with Crippen LogP contribution < -0.4 is 10.1 Å². The van der Waals surface area contributed by atoms with Gasteiger partial charge in [0.05, 0.1) is 12.8 Å². The standard InChI is InChI=1S/C19H15N5O2S/c1-3-16(25)24-19-23-15(10-27-19)12-6-13-14(9-22-18(13)21-8-12)11-4-5-20-17(7-11)26-2/h3-10H,1H2,2H3,(H,21,22)(H,23,24,25). The van der Waals surface area contributed by atoms with Crippen LogP contribution in [0.4, 0.5) is 5.13 Å². The number of methoxy groups -OCH3 is 1. The third-order valence-electron chi connectivity index (χ3n) is 4.00. The first kappa shape index (κ1) is 16.9. The molecule has 4 rings (SSSR count). The average Bonchev–Trinajstić information content (AvgIpc) is 3.34. The summed E-state index contributed by atoms with van der Waals surface area (Å²) in [6.45, 7) is 3.44. The molecule has 0 saturated heterocycles. The number of anilines is 1. The molecule has 1 amide bonds. The molecule has 134 valence electrons. The summed E-state index contributed by atoms with van der Waals surface area (Å²) < 4.78 is 5.21. The molecule has 0 spiro atoms. The number of hydrogen-bond acceptors (Lipinski definition) is 6. The second-order valence-corrected chi connectivity index (χ2v) is 6.50. The Morgan fingerprint density at radius 1 is 1.33 bits per heavy atom. The number of H-pyrrole nitrogens is 1. The predicted molar refractivity (Wildman–Crippen MR) is 106 cm³/mol. The van der Waals surface area contributed by atoms with Gasteiger partial charge in [-0.3, -0.25) is 10.1 Å². The van der Waals surface area contributed by atoms with Gasteiger partial charge < -0.3 is 9.72 Å². The molecule has 0 bridgehead atoms. The molecule has 4 heterocycles. The first-order chi connectivity index (χ1) is 13.2. The molecular formula is C19H15N5O2S. The molecule has 7 nitrogen and oxygen atoms in total. The van der Waals surface area contributed by atoms with Crippen LogP contribution in [0.5, 0.6) is 5.88 Å². The van der Waals surface area contributed by atoms with Gasteiger partial charge in [0.15, 0.2) is 5.13 Å². The van der Waals surface area contributed by atoms with Crippen molar-refractivity contribution in [1.29, 1.82) is 0 Å². The highest BCUT2D eigenvalue weighted by Crippen LogP contribution is 2.32. The Kier molecular flexibility index (Phi) is 4.39. The van der Waals surface area contributed by atoms with E-state index in [1.807, 2.05) is 29.8 Å². The summed E-state index contributed by atoms with van der Waals surface area (Å²) in [6.07, 6.45) is 6.58. The number of aromatic amines is 1. The number of carbonyl (C=O) groups is 1. The van der Waals surface area contributed by atoms with Gasteiger partial charge in [-0.25, -0.2) is 15.0 Å². The molecule has 0 saturated carbocycles. The van der Waals surface area contributed by atoms with Gasteiger partial charge in [0.25, 0.3) is 0 Å². The molecular weight excluding hydrogens is 362 g/mol. The highest BCUT2D eigenvalue weighted by atomic mass is 32.1. The first-order valence-electron chi connectivity index (χ1n) is 8.05. The highest BCUT2D eigenvalue weighted by Gasteiger charge is 2.12. The minimum atomic E-state index is -0.288. The molecule has 8 heteroatoms. The van der Waals surface area contributed by atoms with Crippen LogP contribution in [0.15, 0.2) is 54.8 Å². The highest BCUT2D eigenvalue weighted by molar-refractivity contribution is 7.14. The van der Waals surface area contributed by atoms with Gasteiger partial charge in [-0.1, -0.05) is 6.58 Å². The van der Waals surface area contributed by atoms with Crippen LogP contribution in [0.1, 0.15) is 0 Å². The van der Waals surface area contributed by atoms with E-state index in [0.29, 0.717) is 11.0 Å². The monoisotopic (exact) mass is 377 g/mol. The Morgan fingerprint density at radius 2 is 2.22 bits per heavy atom. The second-order valence-electron chi connectivity index (χ2n) is 5.64. The Bertz CT molecular complexity index is 1150. The third-order valence-corrected chi connectivity index (χ3v) is 4.76. The van der Waals surface area contributed by atoms with Crippen molar-refractivity contribution in [3.63, 3.8) is 0 Å². The zero-order valence-corrected chi connectivity index (χ0v) is 15.2. The van der Waals surface area contributed by atoms with E-state index in [-0.39, 0.29) is 5.91 Å². The molecule has 0 atom stereocenters. The third kappa shape index (κ3) is 3.30. The fraction of sp³-hybridized carbons (Fsp3) is 0.0526. The number of hydrogen-bond donors (Lipinski definition) is 2. The minimum absolute atomic E-state index is 0.288. The summed E-state index contributed by atoms with van der Waals surface area (Å²) in [5.74, 6) is 0.261. The van der Waals surface area contributed by atoms with E-state index in [0.717, 1.165) is 33.4 Å². The lowest BCUT2D eigenvalue weighted by molar-refractivity contribution is -0.111. The predicted octanol–water partition coefficient (Wildman–Crippen LogP) is 3.88. The zero-order chi connectivity index (χ0) is 18.8. The van der Waals surface area contributed by atoms with Gasteiger partial charge in [-0.2, -0.15) is 0 Å². The van der Waals surface area contributed by atoms with E-state index in [2.05, 4.69) is 31.8 Å². The van der Waals surface area contributed by atoms with Crippen molar-refractivity contribution in [2.45, 2.75) is 0 Å². The Balaban J connectivity index is 1.74. The molecule has 0 unspecified atom stereocenters. The van der Waals surface area contributed by atoms with E-state index in [1.54, 1.807) is 19.5 Å². The fourth-order valence-corrected chi connectivity index (χ4v) is 3.41. The van der Waals surface area contributed by atoms with Gasteiger partial charge in [0.2, 0.25) is 11.8 Å². The molecule has 0 aliphatic carbocycles. The topological polar surface area (TPSA) is 92.8 Å². The molecule has 4 aromatic heterocycles. The summed E-state index contributed by atoms with van der Waals surface area (Å²) >= 11 is 1.35. The largest absolute Gasteiger partial charge is 0.481 e. The van der Waals surface area contributed by atoms with Crippen molar-refractivity contribution in [1.82, 2.24) is 19.9 Å². The lowest BCUT2D eigenvalue weighted by atomic mass is 10.1. The number of rotatable bonds is 5. The minimum Gasteiger partial charge on any atom is -0.481 e. The van der Waals surface area contributed by atoms with E-state index in [9.17, 15) is 4.79 Å². The molecule has 0 aliphatic heterocycles. The summed E-state index contributed by atoms with van der Waals surface area (Å²) in [5, 5.41) is 6.03. The van der Waals surface area contributed by atoms with Crippen molar-refractivity contribution < 1.29 is 9.53 Å². The number of fused-ring (bicyclic) bond motifs is 1. The molecule has 0 fully saturated rings. The maximum atomic E-state index is 11.4. The van der Waals surface area contributed by atoms with E-state index in [4.69, 9.17) is 4.74 Å². The summed E-state index contributed by atoms with van der Waals surface area (Å²) in [6, 6.07) is 5.82. The SMILES string of the molecule is C=CC(=O)Nc1nc(-c2cnc3[nH]cc(-c4ccnc(OC)c4)c3c2)cs1. The Hall–Kier alpha value is -3.52. The number of nitrogens with one attached hydrogen (secondary N) is 2. The number of pyridine rings is 2. The van der Waals surface area contributed by atoms with Crippen LogP contribution in [-0.4, -0.2) is 33.0 Å². The van der Waals surface area contributed by atoms with E-state index < -0.39 is 0 Å². The van der Waals surface area contributed by atoms with Crippen molar-refractivity contribution in [3.8, 4) is 28.3 Å². The molecule has 0 aliphatic rings. The number of ether oxygens (including phenoxy) is 1. The number of amides is 1. The molecule has 27 heavy (non-hydrogen) atoms. The second kappa shape index (κ2) is 7.00. The fourth-order valence-electron chi connectivity index (χ4n) is 2.69. The zero-order valence-electron chi connectivity index (χ0n) is 14.4. The summed E-state index contributed by atoms with van der Waals surface area (Å²) in [4.78, 5) is 27.7. The van der Waals surface area contributed by atoms with Crippen LogP contribution in [0.2, 0.25) is 0 Å². The van der Waals surface area contributed by atoms with E-state index >= 15 is 0 Å². The number of carbonyl (C=O) groups excluding carboxylic acids is 1. The van der Waals surface area contributed by atoms with Crippen LogP contribution >= 0.6 is 11.3 Å². The number of aromatic nitrogens is 4. The smallest absolute Gasteiger partial charge is 0.249 e. The number of nitrogens with zero attached hydrogens (tertiary/aromatic N) is 3. The van der Waals surface area contributed by atoms with Gasteiger partial charge in [0.1, 0.15) is 5.65 Å². The maximum absolute atomic E-state index is 11.4. The van der Waals surface area contributed by atoms with Crippen molar-refractivity contribution in [2.75, 3.05) is 12.4 Å². The van der Waals surface area contributed by atoms with Crippen LogP contribution in [0.25, 0.3) is 33.4 Å². The first-order valence-corrected chi connectivity index (χ1v) is 8.93. The molecule has 4 aromatic rings.